The van der Waals surface area contributed by atoms with Crippen molar-refractivity contribution in [2.45, 2.75) is 19.4 Å². The van der Waals surface area contributed by atoms with Crippen molar-refractivity contribution in [1.82, 2.24) is 4.72 Å². The first-order chi connectivity index (χ1) is 7.91. The molecule has 1 unspecified atom stereocenters. The van der Waals surface area contributed by atoms with Crippen molar-refractivity contribution in [2.24, 2.45) is 5.73 Å². The molecule has 1 atom stereocenters. The van der Waals surface area contributed by atoms with Crippen LogP contribution in [0.5, 0.6) is 0 Å². The van der Waals surface area contributed by atoms with Crippen LogP contribution in [0.2, 0.25) is 0 Å². The van der Waals surface area contributed by atoms with Crippen LogP contribution in [0.25, 0.3) is 0 Å². The SMILES string of the molecule is CC(NS(=O)(=O)CCc1ccccc1)C(N)=S. The molecule has 3 N–H and O–H groups in total. The van der Waals surface area contributed by atoms with Crippen molar-refractivity contribution < 1.29 is 8.42 Å². The highest BCUT2D eigenvalue weighted by atomic mass is 32.2. The fourth-order valence-corrected chi connectivity index (χ4v) is 2.70. The Labute approximate surface area is 107 Å². The molecule has 0 aromatic heterocycles. The van der Waals surface area contributed by atoms with E-state index >= 15 is 0 Å². The summed E-state index contributed by atoms with van der Waals surface area (Å²) >= 11 is 4.71. The Morgan fingerprint density at radius 2 is 2.00 bits per heavy atom. The van der Waals surface area contributed by atoms with E-state index in [9.17, 15) is 8.42 Å². The minimum Gasteiger partial charge on any atom is -0.392 e. The molecule has 0 saturated heterocycles. The molecule has 0 radical (unpaired) electrons. The van der Waals surface area contributed by atoms with Gasteiger partial charge in [-0.25, -0.2) is 13.1 Å². The predicted molar refractivity (Wildman–Crippen MR) is 73.3 cm³/mol. The third-order valence-corrected chi connectivity index (χ3v) is 4.09. The third kappa shape index (κ3) is 5.25. The molecule has 0 aliphatic heterocycles. The van der Waals surface area contributed by atoms with Gasteiger partial charge in [-0.3, -0.25) is 0 Å². The molecule has 4 nitrogen and oxygen atoms in total. The van der Waals surface area contributed by atoms with Crippen molar-refractivity contribution >= 4 is 27.2 Å². The maximum Gasteiger partial charge on any atom is 0.212 e. The van der Waals surface area contributed by atoms with Crippen LogP contribution in [0.15, 0.2) is 30.3 Å². The van der Waals surface area contributed by atoms with Gasteiger partial charge < -0.3 is 5.73 Å². The van der Waals surface area contributed by atoms with Crippen molar-refractivity contribution in [3.63, 3.8) is 0 Å². The summed E-state index contributed by atoms with van der Waals surface area (Å²) < 4.78 is 25.8. The zero-order valence-electron chi connectivity index (χ0n) is 9.59. The van der Waals surface area contributed by atoms with Crippen molar-refractivity contribution in [3.05, 3.63) is 35.9 Å². The summed E-state index contributed by atoms with van der Waals surface area (Å²) in [5.41, 5.74) is 6.34. The fourth-order valence-electron chi connectivity index (χ4n) is 1.28. The van der Waals surface area contributed by atoms with Crippen LogP contribution in [0, 0.1) is 0 Å². The summed E-state index contributed by atoms with van der Waals surface area (Å²) in [4.78, 5) is 0.147. The Hall–Kier alpha value is -0.980. The lowest BCUT2D eigenvalue weighted by molar-refractivity contribution is 0.578. The monoisotopic (exact) mass is 272 g/mol. The van der Waals surface area contributed by atoms with E-state index in [0.717, 1.165) is 5.56 Å². The van der Waals surface area contributed by atoms with E-state index in [1.165, 1.54) is 0 Å². The molecule has 0 amide bonds. The van der Waals surface area contributed by atoms with Gasteiger partial charge in [-0.1, -0.05) is 42.5 Å². The number of benzene rings is 1. The van der Waals surface area contributed by atoms with Crippen molar-refractivity contribution in [3.8, 4) is 0 Å². The van der Waals surface area contributed by atoms with Gasteiger partial charge in [0, 0.05) is 0 Å². The predicted octanol–water partition coefficient (Wildman–Crippen LogP) is 0.823. The number of hydrogen-bond donors (Lipinski definition) is 2. The number of nitrogens with two attached hydrogens (primary N) is 1. The average molecular weight is 272 g/mol. The number of aryl methyl sites for hydroxylation is 1. The third-order valence-electron chi connectivity index (χ3n) is 2.29. The van der Waals surface area contributed by atoms with Gasteiger partial charge in [0.2, 0.25) is 10.0 Å². The second-order valence-electron chi connectivity index (χ2n) is 3.80. The zero-order valence-corrected chi connectivity index (χ0v) is 11.2. The van der Waals surface area contributed by atoms with Crippen molar-refractivity contribution in [1.29, 1.82) is 0 Å². The topological polar surface area (TPSA) is 72.2 Å². The summed E-state index contributed by atoms with van der Waals surface area (Å²) in [6, 6.07) is 8.94. The maximum absolute atomic E-state index is 11.7. The summed E-state index contributed by atoms with van der Waals surface area (Å²) in [7, 11) is -3.34. The molecule has 0 bridgehead atoms. The van der Waals surface area contributed by atoms with Gasteiger partial charge in [0.05, 0.1) is 16.8 Å². The van der Waals surface area contributed by atoms with Crippen LogP contribution in [0.3, 0.4) is 0 Å². The molecule has 1 aromatic carbocycles. The highest BCUT2D eigenvalue weighted by molar-refractivity contribution is 7.89. The molecule has 0 heterocycles. The lowest BCUT2D eigenvalue weighted by Gasteiger charge is -2.12. The van der Waals surface area contributed by atoms with Gasteiger partial charge in [-0.05, 0) is 18.9 Å². The standard InChI is InChI=1S/C11H16N2O2S2/c1-9(11(12)16)13-17(14,15)8-7-10-5-3-2-4-6-10/h2-6,9,13H,7-8H2,1H3,(H2,12,16). The normalized spacial score (nSPS) is 13.2. The Bertz CT molecular complexity index is 472. The van der Waals surface area contributed by atoms with Gasteiger partial charge in [0.25, 0.3) is 0 Å². The lowest BCUT2D eigenvalue weighted by Crippen LogP contribution is -2.42. The minimum atomic E-state index is -3.34. The Morgan fingerprint density at radius 3 is 2.53 bits per heavy atom. The first kappa shape index (κ1) is 14.1. The second kappa shape index (κ2) is 6.09. The quantitative estimate of drug-likeness (QED) is 0.752. The van der Waals surface area contributed by atoms with Crippen LogP contribution < -0.4 is 10.5 Å². The van der Waals surface area contributed by atoms with E-state index in [1.54, 1.807) is 6.92 Å². The van der Waals surface area contributed by atoms with E-state index in [-0.39, 0.29) is 10.7 Å². The molecule has 6 heteroatoms. The van der Waals surface area contributed by atoms with E-state index in [2.05, 4.69) is 4.72 Å². The first-order valence-electron chi connectivity index (χ1n) is 5.24. The van der Waals surface area contributed by atoms with Crippen LogP contribution in [0.1, 0.15) is 12.5 Å². The van der Waals surface area contributed by atoms with Crippen LogP contribution in [0.4, 0.5) is 0 Å². The number of rotatable bonds is 6. The number of nitrogens with one attached hydrogen (secondary N) is 1. The molecule has 1 rings (SSSR count). The Balaban J connectivity index is 2.54. The van der Waals surface area contributed by atoms with E-state index in [1.807, 2.05) is 30.3 Å². The summed E-state index contributed by atoms with van der Waals surface area (Å²) in [5, 5.41) is 0. The maximum atomic E-state index is 11.7. The molecule has 0 aliphatic carbocycles. The largest absolute Gasteiger partial charge is 0.392 e. The fraction of sp³-hybridized carbons (Fsp3) is 0.364. The first-order valence-corrected chi connectivity index (χ1v) is 7.30. The summed E-state index contributed by atoms with van der Waals surface area (Å²) in [6.07, 6.45) is 0.472. The van der Waals surface area contributed by atoms with E-state index in [0.29, 0.717) is 6.42 Å². The molecule has 17 heavy (non-hydrogen) atoms. The highest BCUT2D eigenvalue weighted by Gasteiger charge is 2.15. The molecule has 0 spiro atoms. The Kier molecular flexibility index (Phi) is 5.04. The molecule has 94 valence electrons. The summed E-state index contributed by atoms with van der Waals surface area (Å²) in [5.74, 6) is 0.0317. The van der Waals surface area contributed by atoms with E-state index < -0.39 is 16.1 Å². The second-order valence-corrected chi connectivity index (χ2v) is 6.14. The number of sulfonamides is 1. The molecular weight excluding hydrogens is 256 g/mol. The minimum absolute atomic E-state index is 0.0317. The highest BCUT2D eigenvalue weighted by Crippen LogP contribution is 2.02. The van der Waals surface area contributed by atoms with Crippen LogP contribution >= 0.6 is 12.2 Å². The molecular formula is C11H16N2O2S2. The molecule has 0 fully saturated rings. The van der Waals surface area contributed by atoms with Gasteiger partial charge in [0.15, 0.2) is 0 Å². The van der Waals surface area contributed by atoms with Crippen LogP contribution in [-0.4, -0.2) is 25.2 Å². The molecule has 1 aromatic rings. The van der Waals surface area contributed by atoms with Gasteiger partial charge in [-0.2, -0.15) is 0 Å². The lowest BCUT2D eigenvalue weighted by atomic mass is 10.2. The van der Waals surface area contributed by atoms with Crippen LogP contribution in [-0.2, 0) is 16.4 Å². The number of hydrogen-bond acceptors (Lipinski definition) is 3. The van der Waals surface area contributed by atoms with E-state index in [4.69, 9.17) is 18.0 Å². The number of thiocarbonyl (C=S) groups is 1. The van der Waals surface area contributed by atoms with Gasteiger partial charge in [-0.15, -0.1) is 0 Å². The van der Waals surface area contributed by atoms with Gasteiger partial charge >= 0.3 is 0 Å². The van der Waals surface area contributed by atoms with Crippen molar-refractivity contribution in [2.75, 3.05) is 5.75 Å². The summed E-state index contributed by atoms with van der Waals surface area (Å²) in [6.45, 7) is 1.63. The molecule has 0 aliphatic rings. The Morgan fingerprint density at radius 1 is 1.41 bits per heavy atom. The smallest absolute Gasteiger partial charge is 0.212 e. The molecule has 0 saturated carbocycles. The average Bonchev–Trinajstić information content (AvgIpc) is 2.27. The van der Waals surface area contributed by atoms with Gasteiger partial charge in [0.1, 0.15) is 0 Å². The zero-order chi connectivity index (χ0) is 12.9.